The summed E-state index contributed by atoms with van der Waals surface area (Å²) in [4.78, 5) is 1.72. The van der Waals surface area contributed by atoms with E-state index in [1.807, 2.05) is 0 Å². The van der Waals surface area contributed by atoms with Crippen LogP contribution in [0.5, 0.6) is 0 Å². The zero-order valence-electron chi connectivity index (χ0n) is 11.6. The Kier molecular flexibility index (Phi) is 4.90. The molecule has 2 rings (SSSR count). The first kappa shape index (κ1) is 16.3. The van der Waals surface area contributed by atoms with Gasteiger partial charge in [0, 0.05) is 31.3 Å². The minimum atomic E-state index is -3.38. The van der Waals surface area contributed by atoms with Gasteiger partial charge in [0.05, 0.1) is 5.25 Å². The average molecular weight is 322 g/mol. The molecule has 1 fully saturated rings. The van der Waals surface area contributed by atoms with Crippen molar-refractivity contribution < 1.29 is 21.6 Å². The van der Waals surface area contributed by atoms with Crippen molar-refractivity contribution in [3.05, 3.63) is 35.1 Å². The molecule has 1 unspecified atom stereocenters. The number of likely N-dealkylation sites (tertiary alicyclic amines) is 1. The number of hydrogen-bond donors (Lipinski definition) is 1. The van der Waals surface area contributed by atoms with Crippen LogP contribution in [0.2, 0.25) is 0 Å². The summed E-state index contributed by atoms with van der Waals surface area (Å²) in [7, 11) is -3.38. The standard InChI is InChI=1S/C13H17F3N2O2S/c1-2-17-21(19,20)10-3-4-18(8-10)7-9-5-12(15)13(16)6-11(9)14/h5-6,10,17H,2-4,7-8H2,1H3. The Hall–Kier alpha value is -1.12. The van der Waals surface area contributed by atoms with E-state index in [2.05, 4.69) is 4.72 Å². The second-order valence-electron chi connectivity index (χ2n) is 5.05. The molecule has 1 heterocycles. The lowest BCUT2D eigenvalue weighted by Crippen LogP contribution is -2.36. The third-order valence-electron chi connectivity index (χ3n) is 3.50. The van der Waals surface area contributed by atoms with Gasteiger partial charge in [-0.05, 0) is 19.0 Å². The molecule has 118 valence electrons. The van der Waals surface area contributed by atoms with Crippen LogP contribution in [0.1, 0.15) is 18.9 Å². The molecule has 0 bridgehead atoms. The van der Waals surface area contributed by atoms with Crippen LogP contribution in [-0.4, -0.2) is 38.2 Å². The van der Waals surface area contributed by atoms with Gasteiger partial charge < -0.3 is 0 Å². The number of sulfonamides is 1. The van der Waals surface area contributed by atoms with Crippen molar-refractivity contribution in [2.24, 2.45) is 0 Å². The van der Waals surface area contributed by atoms with E-state index < -0.39 is 32.7 Å². The van der Waals surface area contributed by atoms with Crippen molar-refractivity contribution in [1.82, 2.24) is 9.62 Å². The third-order valence-corrected chi connectivity index (χ3v) is 5.45. The van der Waals surface area contributed by atoms with Gasteiger partial charge in [0.15, 0.2) is 11.6 Å². The van der Waals surface area contributed by atoms with Gasteiger partial charge in [-0.25, -0.2) is 26.3 Å². The molecular formula is C13H17F3N2O2S. The topological polar surface area (TPSA) is 49.4 Å². The Morgan fingerprint density at radius 3 is 2.57 bits per heavy atom. The van der Waals surface area contributed by atoms with E-state index in [0.29, 0.717) is 25.6 Å². The second-order valence-corrected chi connectivity index (χ2v) is 7.09. The molecule has 0 radical (unpaired) electrons. The predicted octanol–water partition coefficient (Wildman–Crippen LogP) is 1.62. The van der Waals surface area contributed by atoms with Crippen molar-refractivity contribution in [3.63, 3.8) is 0 Å². The van der Waals surface area contributed by atoms with E-state index in [1.54, 1.807) is 11.8 Å². The van der Waals surface area contributed by atoms with Crippen molar-refractivity contribution >= 4 is 10.0 Å². The summed E-state index contributed by atoms with van der Waals surface area (Å²) in [5.74, 6) is -3.17. The molecule has 1 aliphatic heterocycles. The van der Waals surface area contributed by atoms with Gasteiger partial charge in [-0.2, -0.15) is 0 Å². The zero-order chi connectivity index (χ0) is 15.6. The highest BCUT2D eigenvalue weighted by Gasteiger charge is 2.32. The van der Waals surface area contributed by atoms with E-state index >= 15 is 0 Å². The van der Waals surface area contributed by atoms with Crippen molar-refractivity contribution in [3.8, 4) is 0 Å². The minimum absolute atomic E-state index is 0.0235. The highest BCUT2D eigenvalue weighted by Crippen LogP contribution is 2.21. The van der Waals surface area contributed by atoms with Crippen molar-refractivity contribution in [1.29, 1.82) is 0 Å². The molecular weight excluding hydrogens is 305 g/mol. The summed E-state index contributed by atoms with van der Waals surface area (Å²) in [6.45, 7) is 2.78. The average Bonchev–Trinajstić information content (AvgIpc) is 2.85. The molecule has 0 aromatic heterocycles. The van der Waals surface area contributed by atoms with Crippen molar-refractivity contribution in [2.75, 3.05) is 19.6 Å². The third kappa shape index (κ3) is 3.75. The van der Waals surface area contributed by atoms with Gasteiger partial charge in [0.25, 0.3) is 0 Å². The van der Waals surface area contributed by atoms with Crippen LogP contribution < -0.4 is 4.72 Å². The molecule has 1 aromatic rings. The van der Waals surface area contributed by atoms with Gasteiger partial charge in [-0.3, -0.25) is 4.90 Å². The minimum Gasteiger partial charge on any atom is -0.298 e. The van der Waals surface area contributed by atoms with Crippen LogP contribution in [-0.2, 0) is 16.6 Å². The number of nitrogens with zero attached hydrogens (tertiary/aromatic N) is 1. The summed E-state index contributed by atoms with van der Waals surface area (Å²) in [6.07, 6.45) is 0.431. The fourth-order valence-corrected chi connectivity index (χ4v) is 3.90. The van der Waals surface area contributed by atoms with Gasteiger partial charge in [0.1, 0.15) is 5.82 Å². The summed E-state index contributed by atoms with van der Waals surface area (Å²) < 4.78 is 65.8. The smallest absolute Gasteiger partial charge is 0.215 e. The summed E-state index contributed by atoms with van der Waals surface area (Å²) in [6, 6.07) is 1.32. The molecule has 1 aliphatic rings. The SMILES string of the molecule is CCNS(=O)(=O)C1CCN(Cc2cc(F)c(F)cc2F)C1. The van der Waals surface area contributed by atoms with E-state index in [1.165, 1.54) is 0 Å². The van der Waals surface area contributed by atoms with E-state index in [0.717, 1.165) is 6.07 Å². The Balaban J connectivity index is 2.05. The lowest BCUT2D eigenvalue weighted by molar-refractivity contribution is 0.323. The second kappa shape index (κ2) is 6.33. The quantitative estimate of drug-likeness (QED) is 0.838. The van der Waals surface area contributed by atoms with E-state index in [9.17, 15) is 21.6 Å². The Bertz CT molecular complexity index is 622. The highest BCUT2D eigenvalue weighted by atomic mass is 32.2. The number of benzene rings is 1. The van der Waals surface area contributed by atoms with Crippen LogP contribution in [0.3, 0.4) is 0 Å². The van der Waals surface area contributed by atoms with Crippen LogP contribution in [0.15, 0.2) is 12.1 Å². The summed E-state index contributed by atoms with van der Waals surface area (Å²) in [5.41, 5.74) is 0.0235. The summed E-state index contributed by atoms with van der Waals surface area (Å²) >= 11 is 0. The summed E-state index contributed by atoms with van der Waals surface area (Å²) in [5, 5.41) is -0.564. The Labute approximate surface area is 122 Å². The molecule has 0 spiro atoms. The molecule has 21 heavy (non-hydrogen) atoms. The van der Waals surface area contributed by atoms with Crippen LogP contribution in [0, 0.1) is 17.5 Å². The predicted molar refractivity (Wildman–Crippen MR) is 72.6 cm³/mol. The number of hydrogen-bond acceptors (Lipinski definition) is 3. The van der Waals surface area contributed by atoms with Crippen molar-refractivity contribution in [2.45, 2.75) is 25.1 Å². The molecule has 1 saturated heterocycles. The first-order valence-corrected chi connectivity index (χ1v) is 8.22. The van der Waals surface area contributed by atoms with Gasteiger partial charge in [-0.15, -0.1) is 0 Å². The number of rotatable bonds is 5. The largest absolute Gasteiger partial charge is 0.298 e. The fraction of sp³-hybridized carbons (Fsp3) is 0.538. The zero-order valence-corrected chi connectivity index (χ0v) is 12.4. The van der Waals surface area contributed by atoms with Crippen LogP contribution >= 0.6 is 0 Å². The Morgan fingerprint density at radius 2 is 1.90 bits per heavy atom. The van der Waals surface area contributed by atoms with Gasteiger partial charge in [0.2, 0.25) is 10.0 Å². The molecule has 0 aliphatic carbocycles. The number of halogens is 3. The molecule has 8 heteroatoms. The molecule has 0 amide bonds. The van der Waals surface area contributed by atoms with E-state index in [4.69, 9.17) is 0 Å². The Morgan fingerprint density at radius 1 is 1.24 bits per heavy atom. The lowest BCUT2D eigenvalue weighted by Gasteiger charge is -2.17. The first-order valence-electron chi connectivity index (χ1n) is 6.67. The van der Waals surface area contributed by atoms with Crippen LogP contribution in [0.25, 0.3) is 0 Å². The monoisotopic (exact) mass is 322 g/mol. The first-order chi connectivity index (χ1) is 9.83. The van der Waals surface area contributed by atoms with Crippen LogP contribution in [0.4, 0.5) is 13.2 Å². The maximum absolute atomic E-state index is 13.6. The molecule has 1 aromatic carbocycles. The number of nitrogens with one attached hydrogen (secondary N) is 1. The lowest BCUT2D eigenvalue weighted by atomic mass is 10.2. The van der Waals surface area contributed by atoms with E-state index in [-0.39, 0.29) is 18.7 Å². The maximum atomic E-state index is 13.6. The highest BCUT2D eigenvalue weighted by molar-refractivity contribution is 7.90. The fourth-order valence-electron chi connectivity index (χ4n) is 2.44. The maximum Gasteiger partial charge on any atom is 0.215 e. The normalized spacial score (nSPS) is 20.1. The van der Waals surface area contributed by atoms with Gasteiger partial charge in [-0.1, -0.05) is 6.92 Å². The molecule has 0 saturated carbocycles. The van der Waals surface area contributed by atoms with Gasteiger partial charge >= 0.3 is 0 Å². The molecule has 1 N–H and O–H groups in total. The molecule has 1 atom stereocenters. The molecule has 4 nitrogen and oxygen atoms in total.